The van der Waals surface area contributed by atoms with E-state index in [9.17, 15) is 4.79 Å². The smallest absolute Gasteiger partial charge is 0.274 e. The van der Waals surface area contributed by atoms with E-state index >= 15 is 0 Å². The topological polar surface area (TPSA) is 63.7 Å². The summed E-state index contributed by atoms with van der Waals surface area (Å²) in [5.74, 6) is 1.05. The van der Waals surface area contributed by atoms with Crippen LogP contribution >= 0.6 is 0 Å². The Morgan fingerprint density at radius 1 is 1.00 bits per heavy atom. The highest BCUT2D eigenvalue weighted by Crippen LogP contribution is 2.32. The molecular weight excluding hydrogens is 354 g/mol. The number of nitrogens with zero attached hydrogens (tertiary/aromatic N) is 2. The Balaban J connectivity index is 1.48. The van der Waals surface area contributed by atoms with Crippen LogP contribution in [0, 0.1) is 0 Å². The van der Waals surface area contributed by atoms with E-state index in [0.29, 0.717) is 36.1 Å². The summed E-state index contributed by atoms with van der Waals surface area (Å²) in [7, 11) is 0. The highest BCUT2D eigenvalue weighted by atomic mass is 16.6. The van der Waals surface area contributed by atoms with Crippen molar-refractivity contribution in [2.24, 2.45) is 0 Å². The molecule has 6 nitrogen and oxygen atoms in total. The zero-order valence-corrected chi connectivity index (χ0v) is 15.6. The third kappa shape index (κ3) is 3.76. The quantitative estimate of drug-likeness (QED) is 0.722. The fraction of sp³-hybridized carbons (Fsp3) is 0.182. The van der Waals surface area contributed by atoms with Crippen molar-refractivity contribution in [2.75, 3.05) is 30.0 Å². The van der Waals surface area contributed by atoms with E-state index < -0.39 is 0 Å². The Morgan fingerprint density at radius 3 is 2.50 bits per heavy atom. The van der Waals surface area contributed by atoms with Gasteiger partial charge < -0.3 is 19.7 Å². The molecule has 1 N–H and O–H groups in total. The maximum absolute atomic E-state index is 12.5. The van der Waals surface area contributed by atoms with Gasteiger partial charge in [-0.2, -0.15) is 0 Å². The van der Waals surface area contributed by atoms with Gasteiger partial charge in [0.25, 0.3) is 5.91 Å². The fourth-order valence-corrected chi connectivity index (χ4v) is 3.12. The Labute approximate surface area is 163 Å². The van der Waals surface area contributed by atoms with Gasteiger partial charge in [-0.1, -0.05) is 18.2 Å². The summed E-state index contributed by atoms with van der Waals surface area (Å²) in [6.45, 7) is 3.92. The molecule has 0 fully saturated rings. The second kappa shape index (κ2) is 8.00. The maximum atomic E-state index is 12.5. The second-order valence-electron chi connectivity index (χ2n) is 6.29. The first-order chi connectivity index (χ1) is 13.7. The largest absolute Gasteiger partial charge is 0.486 e. The number of nitrogens with one attached hydrogen (secondary N) is 1. The Kier molecular flexibility index (Phi) is 5.10. The van der Waals surface area contributed by atoms with E-state index in [0.717, 1.165) is 17.9 Å². The molecule has 1 aliphatic heterocycles. The highest BCUT2D eigenvalue weighted by molar-refractivity contribution is 6.03. The zero-order valence-electron chi connectivity index (χ0n) is 15.6. The van der Waals surface area contributed by atoms with Gasteiger partial charge in [-0.25, -0.2) is 4.98 Å². The van der Waals surface area contributed by atoms with Crippen LogP contribution in [0.1, 0.15) is 17.4 Å². The van der Waals surface area contributed by atoms with Crippen LogP contribution in [-0.4, -0.2) is 30.6 Å². The van der Waals surface area contributed by atoms with Crippen LogP contribution in [0.2, 0.25) is 0 Å². The fourth-order valence-electron chi connectivity index (χ4n) is 3.12. The molecule has 1 aromatic heterocycles. The number of hydrogen-bond acceptors (Lipinski definition) is 5. The van der Waals surface area contributed by atoms with Crippen molar-refractivity contribution < 1.29 is 14.3 Å². The first-order valence-corrected chi connectivity index (χ1v) is 9.24. The molecule has 3 aromatic rings. The van der Waals surface area contributed by atoms with Crippen molar-refractivity contribution in [2.45, 2.75) is 6.92 Å². The number of pyridine rings is 1. The number of carbonyl (C=O) groups excluding carboxylic acids is 1. The molecule has 2 heterocycles. The Hall–Kier alpha value is -3.54. The highest BCUT2D eigenvalue weighted by Gasteiger charge is 2.15. The number of amides is 1. The molecule has 28 heavy (non-hydrogen) atoms. The lowest BCUT2D eigenvalue weighted by atomic mass is 10.2. The second-order valence-corrected chi connectivity index (χ2v) is 6.29. The molecule has 0 spiro atoms. The lowest BCUT2D eigenvalue weighted by Gasteiger charge is -2.23. The van der Waals surface area contributed by atoms with Crippen molar-refractivity contribution in [3.63, 3.8) is 0 Å². The normalized spacial score (nSPS) is 12.3. The van der Waals surface area contributed by atoms with Crippen LogP contribution in [0.15, 0.2) is 66.9 Å². The molecule has 0 unspecified atom stereocenters. The van der Waals surface area contributed by atoms with Gasteiger partial charge in [-0.05, 0) is 43.3 Å². The first kappa shape index (κ1) is 17.9. The minimum Gasteiger partial charge on any atom is -0.486 e. The average molecular weight is 375 g/mol. The van der Waals surface area contributed by atoms with Crippen LogP contribution in [-0.2, 0) is 0 Å². The van der Waals surface area contributed by atoms with Gasteiger partial charge in [-0.15, -0.1) is 0 Å². The lowest BCUT2D eigenvalue weighted by molar-refractivity contribution is 0.102. The van der Waals surface area contributed by atoms with Gasteiger partial charge in [0.2, 0.25) is 0 Å². The molecule has 1 aliphatic rings. The number of benzene rings is 2. The number of anilines is 3. The first-order valence-electron chi connectivity index (χ1n) is 9.24. The molecular formula is C22H21N3O3. The van der Waals surface area contributed by atoms with Gasteiger partial charge in [-0.3, -0.25) is 4.79 Å². The molecule has 0 saturated heterocycles. The predicted molar refractivity (Wildman–Crippen MR) is 109 cm³/mol. The Morgan fingerprint density at radius 2 is 1.79 bits per heavy atom. The Bertz CT molecular complexity index is 959. The zero-order chi connectivity index (χ0) is 19.3. The van der Waals surface area contributed by atoms with E-state index in [2.05, 4.69) is 22.1 Å². The summed E-state index contributed by atoms with van der Waals surface area (Å²) in [5.41, 5.74) is 3.01. The summed E-state index contributed by atoms with van der Waals surface area (Å²) in [4.78, 5) is 19.0. The van der Waals surface area contributed by atoms with Crippen molar-refractivity contribution in [3.05, 3.63) is 72.6 Å². The number of fused-ring (bicyclic) bond motifs is 1. The molecule has 142 valence electrons. The third-order valence-corrected chi connectivity index (χ3v) is 4.48. The monoisotopic (exact) mass is 375 g/mol. The summed E-state index contributed by atoms with van der Waals surface area (Å²) >= 11 is 0. The summed E-state index contributed by atoms with van der Waals surface area (Å²) < 4.78 is 11.0. The van der Waals surface area contributed by atoms with Crippen molar-refractivity contribution in [3.8, 4) is 11.5 Å². The number of ether oxygens (including phenoxy) is 2. The van der Waals surface area contributed by atoms with Crippen LogP contribution in [0.4, 0.5) is 17.1 Å². The SMILES string of the molecule is CCN(c1ccccc1)c1ccc(C(=O)Nc2ccc3c(c2)OCCO3)nc1. The van der Waals surface area contributed by atoms with E-state index in [-0.39, 0.29) is 5.91 Å². The molecule has 2 aromatic carbocycles. The average Bonchev–Trinajstić information content (AvgIpc) is 2.75. The van der Waals surface area contributed by atoms with E-state index in [1.807, 2.05) is 36.4 Å². The maximum Gasteiger partial charge on any atom is 0.274 e. The summed E-state index contributed by atoms with van der Waals surface area (Å²) in [6, 6.07) is 19.1. The molecule has 0 aliphatic carbocycles. The van der Waals surface area contributed by atoms with Gasteiger partial charge in [0.1, 0.15) is 18.9 Å². The van der Waals surface area contributed by atoms with Gasteiger partial charge in [0.15, 0.2) is 11.5 Å². The number of rotatable bonds is 5. The predicted octanol–water partition coefficient (Wildman–Crippen LogP) is 4.26. The molecule has 0 radical (unpaired) electrons. The minimum absolute atomic E-state index is 0.272. The van der Waals surface area contributed by atoms with Crippen LogP contribution in [0.5, 0.6) is 11.5 Å². The van der Waals surface area contributed by atoms with Gasteiger partial charge in [0, 0.05) is 24.0 Å². The van der Waals surface area contributed by atoms with E-state index in [4.69, 9.17) is 9.47 Å². The van der Waals surface area contributed by atoms with Crippen LogP contribution < -0.4 is 19.7 Å². The number of para-hydroxylation sites is 1. The summed E-state index contributed by atoms with van der Waals surface area (Å²) in [5, 5.41) is 2.85. The number of hydrogen-bond donors (Lipinski definition) is 1. The van der Waals surface area contributed by atoms with Gasteiger partial charge >= 0.3 is 0 Å². The van der Waals surface area contributed by atoms with Crippen LogP contribution in [0.3, 0.4) is 0 Å². The standard InChI is InChI=1S/C22H21N3O3/c1-2-25(17-6-4-3-5-7-17)18-9-10-19(23-15-18)22(26)24-16-8-11-20-21(14-16)28-13-12-27-20/h3-11,14-15H,2,12-13H2,1H3,(H,24,26). The molecule has 0 bridgehead atoms. The molecule has 6 heteroatoms. The van der Waals surface area contributed by atoms with E-state index in [1.165, 1.54) is 0 Å². The van der Waals surface area contributed by atoms with Crippen molar-refractivity contribution in [1.29, 1.82) is 0 Å². The molecule has 1 amide bonds. The molecule has 0 saturated carbocycles. The van der Waals surface area contributed by atoms with Crippen molar-refractivity contribution >= 4 is 23.0 Å². The lowest BCUT2D eigenvalue weighted by Crippen LogP contribution is -2.18. The number of aromatic nitrogens is 1. The summed E-state index contributed by atoms with van der Waals surface area (Å²) in [6.07, 6.45) is 1.72. The molecule has 4 rings (SSSR count). The van der Waals surface area contributed by atoms with Crippen LogP contribution in [0.25, 0.3) is 0 Å². The minimum atomic E-state index is -0.272. The van der Waals surface area contributed by atoms with Crippen molar-refractivity contribution in [1.82, 2.24) is 4.98 Å². The third-order valence-electron chi connectivity index (χ3n) is 4.48. The van der Waals surface area contributed by atoms with E-state index in [1.54, 1.807) is 30.5 Å². The molecule has 0 atom stereocenters. The number of carbonyl (C=O) groups is 1. The van der Waals surface area contributed by atoms with Gasteiger partial charge in [0.05, 0.1) is 11.9 Å².